The minimum atomic E-state index is -3.63. The van der Waals surface area contributed by atoms with Gasteiger partial charge in [0.1, 0.15) is 0 Å². The molecule has 2 aromatic carbocycles. The smallest absolute Gasteiger partial charge is 0.255 e. The van der Waals surface area contributed by atoms with Crippen LogP contribution >= 0.6 is 0 Å². The Morgan fingerprint density at radius 2 is 1.44 bits per heavy atom. The van der Waals surface area contributed by atoms with Crippen molar-refractivity contribution in [3.8, 4) is 0 Å². The van der Waals surface area contributed by atoms with Crippen molar-refractivity contribution in [1.29, 1.82) is 0 Å². The molecule has 2 N–H and O–H groups in total. The number of nitrogens with one attached hydrogen (secondary N) is 2. The number of amides is 1. The number of sulfonamides is 2. The van der Waals surface area contributed by atoms with Crippen LogP contribution in [-0.2, 0) is 20.0 Å². The van der Waals surface area contributed by atoms with E-state index in [9.17, 15) is 21.6 Å². The summed E-state index contributed by atoms with van der Waals surface area (Å²) in [5.41, 5.74) is 0.729. The van der Waals surface area contributed by atoms with Gasteiger partial charge in [-0.15, -0.1) is 0 Å². The van der Waals surface area contributed by atoms with Crippen LogP contribution in [0.2, 0.25) is 0 Å². The Balaban J connectivity index is 1.67. The van der Waals surface area contributed by atoms with Gasteiger partial charge in [-0.25, -0.2) is 21.6 Å². The molecule has 32 heavy (non-hydrogen) atoms. The number of hydrogen-bond acceptors (Lipinski definition) is 5. The molecule has 0 aliphatic carbocycles. The van der Waals surface area contributed by atoms with Gasteiger partial charge in [0.25, 0.3) is 5.91 Å². The molecule has 1 amide bonds. The first-order chi connectivity index (χ1) is 15.0. The first-order valence-corrected chi connectivity index (χ1v) is 13.5. The lowest BCUT2D eigenvalue weighted by Gasteiger charge is -2.29. The molecule has 1 heterocycles. The maximum absolute atomic E-state index is 12.8. The number of rotatable bonds is 7. The van der Waals surface area contributed by atoms with Crippen LogP contribution in [-0.4, -0.2) is 46.2 Å². The van der Waals surface area contributed by atoms with E-state index in [0.29, 0.717) is 24.7 Å². The summed E-state index contributed by atoms with van der Waals surface area (Å²) in [6.45, 7) is 6.60. The van der Waals surface area contributed by atoms with Gasteiger partial charge < -0.3 is 5.32 Å². The van der Waals surface area contributed by atoms with Crippen molar-refractivity contribution in [2.45, 2.75) is 49.4 Å². The van der Waals surface area contributed by atoms with E-state index in [1.54, 1.807) is 26.0 Å². The molecule has 2 aromatic rings. The molecule has 1 aliphatic heterocycles. The lowest BCUT2D eigenvalue weighted by atomic mass is 10.0. The van der Waals surface area contributed by atoms with Crippen LogP contribution in [0.15, 0.2) is 58.3 Å². The molecular formula is C22H29N3O5S2. The SMILES string of the molecule is CC1CCN(S(=O)(=O)c2ccc(NC(=O)c3ccc(S(=O)(=O)NC(C)C)cc3)cc2)CC1. The summed E-state index contributed by atoms with van der Waals surface area (Å²) < 4.78 is 54.0. The Labute approximate surface area is 190 Å². The molecule has 0 unspecified atom stereocenters. The number of piperidine rings is 1. The summed E-state index contributed by atoms with van der Waals surface area (Å²) >= 11 is 0. The van der Waals surface area contributed by atoms with E-state index >= 15 is 0 Å². The number of hydrogen-bond donors (Lipinski definition) is 2. The standard InChI is InChI=1S/C22H29N3O5S2/c1-16(2)24-31(27,28)20-8-4-18(5-9-20)22(26)23-19-6-10-21(11-7-19)32(29,30)25-14-12-17(3)13-15-25/h4-11,16-17,24H,12-15H2,1-3H3,(H,23,26). The molecule has 1 fully saturated rings. The van der Waals surface area contributed by atoms with E-state index in [2.05, 4.69) is 17.0 Å². The van der Waals surface area contributed by atoms with Crippen LogP contribution in [0.4, 0.5) is 5.69 Å². The number of carbonyl (C=O) groups is 1. The van der Waals surface area contributed by atoms with E-state index in [1.807, 2.05) is 0 Å². The lowest BCUT2D eigenvalue weighted by molar-refractivity contribution is 0.102. The third-order valence-corrected chi connectivity index (χ3v) is 8.90. The second-order valence-corrected chi connectivity index (χ2v) is 12.0. The first-order valence-electron chi connectivity index (χ1n) is 10.5. The minimum Gasteiger partial charge on any atom is -0.322 e. The topological polar surface area (TPSA) is 113 Å². The summed E-state index contributed by atoms with van der Waals surface area (Å²) in [6, 6.07) is 11.4. The van der Waals surface area contributed by atoms with Crippen LogP contribution < -0.4 is 10.0 Å². The third kappa shape index (κ3) is 5.74. The molecule has 0 atom stereocenters. The number of benzene rings is 2. The van der Waals surface area contributed by atoms with Gasteiger partial charge in [-0.05, 0) is 81.1 Å². The largest absolute Gasteiger partial charge is 0.322 e. The Bertz CT molecular complexity index is 1150. The van der Waals surface area contributed by atoms with Gasteiger partial charge in [0, 0.05) is 30.4 Å². The minimum absolute atomic E-state index is 0.0735. The maximum Gasteiger partial charge on any atom is 0.255 e. The fraction of sp³-hybridized carbons (Fsp3) is 0.409. The van der Waals surface area contributed by atoms with Crippen molar-refractivity contribution >= 4 is 31.6 Å². The summed E-state index contributed by atoms with van der Waals surface area (Å²) in [5.74, 6) is 0.103. The molecule has 0 spiro atoms. The Kier molecular flexibility index (Phi) is 7.39. The molecule has 0 bridgehead atoms. The summed E-state index contributed by atoms with van der Waals surface area (Å²) in [4.78, 5) is 12.8. The quantitative estimate of drug-likeness (QED) is 0.634. The molecule has 1 aliphatic rings. The summed E-state index contributed by atoms with van der Waals surface area (Å²) in [5, 5.41) is 2.70. The van der Waals surface area contributed by atoms with Gasteiger partial charge in [-0.3, -0.25) is 4.79 Å². The first kappa shape index (κ1) is 24.4. The van der Waals surface area contributed by atoms with E-state index in [1.165, 1.54) is 40.7 Å². The highest BCUT2D eigenvalue weighted by Crippen LogP contribution is 2.24. The predicted molar refractivity (Wildman–Crippen MR) is 123 cm³/mol. The Hall–Kier alpha value is -2.27. The fourth-order valence-electron chi connectivity index (χ4n) is 3.45. The highest BCUT2D eigenvalue weighted by Gasteiger charge is 2.28. The van der Waals surface area contributed by atoms with Gasteiger partial charge in [0.05, 0.1) is 9.79 Å². The van der Waals surface area contributed by atoms with Gasteiger partial charge in [0.2, 0.25) is 20.0 Å². The summed E-state index contributed by atoms with van der Waals surface area (Å²) in [7, 11) is -7.19. The van der Waals surface area contributed by atoms with E-state index in [4.69, 9.17) is 0 Å². The highest BCUT2D eigenvalue weighted by atomic mass is 32.2. The van der Waals surface area contributed by atoms with Crippen LogP contribution in [0.3, 0.4) is 0 Å². The molecular weight excluding hydrogens is 450 g/mol. The average molecular weight is 480 g/mol. The van der Waals surface area contributed by atoms with Crippen molar-refractivity contribution < 1.29 is 21.6 Å². The molecule has 8 nitrogen and oxygen atoms in total. The number of anilines is 1. The van der Waals surface area contributed by atoms with Crippen molar-refractivity contribution in [3.05, 3.63) is 54.1 Å². The zero-order valence-corrected chi connectivity index (χ0v) is 20.0. The normalized spacial score (nSPS) is 16.2. The highest BCUT2D eigenvalue weighted by molar-refractivity contribution is 7.89. The van der Waals surface area contributed by atoms with Crippen LogP contribution in [0, 0.1) is 5.92 Å². The van der Waals surface area contributed by atoms with Gasteiger partial charge >= 0.3 is 0 Å². The van der Waals surface area contributed by atoms with Crippen LogP contribution in [0.1, 0.15) is 44.0 Å². The molecule has 0 saturated carbocycles. The van der Waals surface area contributed by atoms with E-state index in [0.717, 1.165) is 12.8 Å². The molecule has 1 saturated heterocycles. The monoisotopic (exact) mass is 479 g/mol. The zero-order valence-electron chi connectivity index (χ0n) is 18.4. The van der Waals surface area contributed by atoms with E-state index in [-0.39, 0.29) is 21.4 Å². The third-order valence-electron chi connectivity index (χ3n) is 5.31. The second-order valence-electron chi connectivity index (χ2n) is 8.37. The van der Waals surface area contributed by atoms with E-state index < -0.39 is 26.0 Å². The van der Waals surface area contributed by atoms with Crippen molar-refractivity contribution in [2.75, 3.05) is 18.4 Å². The summed E-state index contributed by atoms with van der Waals surface area (Å²) in [6.07, 6.45) is 1.70. The molecule has 174 valence electrons. The molecule has 10 heteroatoms. The zero-order chi connectivity index (χ0) is 23.5. The Morgan fingerprint density at radius 1 is 0.906 bits per heavy atom. The second kappa shape index (κ2) is 9.70. The van der Waals surface area contributed by atoms with Crippen molar-refractivity contribution in [2.24, 2.45) is 5.92 Å². The van der Waals surface area contributed by atoms with Crippen LogP contribution in [0.25, 0.3) is 0 Å². The lowest BCUT2D eigenvalue weighted by Crippen LogP contribution is -2.37. The molecule has 3 rings (SSSR count). The predicted octanol–water partition coefficient (Wildman–Crippen LogP) is 3.05. The fourth-order valence-corrected chi connectivity index (χ4v) is 6.17. The number of nitrogens with zero attached hydrogens (tertiary/aromatic N) is 1. The van der Waals surface area contributed by atoms with Gasteiger partial charge in [0.15, 0.2) is 0 Å². The Morgan fingerprint density at radius 3 is 1.97 bits per heavy atom. The molecule has 0 aromatic heterocycles. The van der Waals surface area contributed by atoms with Crippen molar-refractivity contribution in [1.82, 2.24) is 9.03 Å². The van der Waals surface area contributed by atoms with Crippen molar-refractivity contribution in [3.63, 3.8) is 0 Å². The average Bonchev–Trinajstić information content (AvgIpc) is 2.73. The maximum atomic E-state index is 12.8. The molecule has 0 radical (unpaired) electrons. The number of carbonyl (C=O) groups excluding carboxylic acids is 1. The van der Waals surface area contributed by atoms with Gasteiger partial charge in [-0.2, -0.15) is 4.31 Å². The van der Waals surface area contributed by atoms with Crippen LogP contribution in [0.5, 0.6) is 0 Å². The van der Waals surface area contributed by atoms with Gasteiger partial charge in [-0.1, -0.05) is 6.92 Å².